The van der Waals surface area contributed by atoms with Crippen molar-refractivity contribution >= 4 is 28.8 Å². The third-order valence-electron chi connectivity index (χ3n) is 4.66. The quantitative estimate of drug-likeness (QED) is 0.602. The van der Waals surface area contributed by atoms with E-state index in [1.54, 1.807) is 36.4 Å². The van der Waals surface area contributed by atoms with E-state index in [-0.39, 0.29) is 23.6 Å². The molecule has 4 rings (SSSR count). The maximum Gasteiger partial charge on any atom is 0.282 e. The molecule has 5 heteroatoms. The van der Waals surface area contributed by atoms with E-state index in [9.17, 15) is 9.59 Å². The third kappa shape index (κ3) is 3.82. The van der Waals surface area contributed by atoms with Gasteiger partial charge in [-0.2, -0.15) is 0 Å². The van der Waals surface area contributed by atoms with Crippen LogP contribution in [0.4, 0.5) is 11.4 Å². The zero-order chi connectivity index (χ0) is 21.1. The van der Waals surface area contributed by atoms with E-state index in [0.717, 1.165) is 5.69 Å². The molecule has 1 aliphatic heterocycles. The summed E-state index contributed by atoms with van der Waals surface area (Å²) >= 11 is 0. The Morgan fingerprint density at radius 3 is 1.97 bits per heavy atom. The fraction of sp³-hybridized carbons (Fsp3) is 0.120. The molecule has 0 atom stereocenters. The summed E-state index contributed by atoms with van der Waals surface area (Å²) in [6.07, 6.45) is 0.0497. The number of amides is 2. The molecule has 3 aromatic rings. The number of rotatable bonds is 6. The highest BCUT2D eigenvalue weighted by molar-refractivity contribution is 6.46. The number of carbonyl (C=O) groups excluding carboxylic acids is 2. The van der Waals surface area contributed by atoms with Crippen LogP contribution in [0.3, 0.4) is 0 Å². The van der Waals surface area contributed by atoms with Crippen LogP contribution in [-0.4, -0.2) is 17.9 Å². The Morgan fingerprint density at radius 1 is 0.767 bits per heavy atom. The van der Waals surface area contributed by atoms with Gasteiger partial charge in [0.2, 0.25) is 0 Å². The van der Waals surface area contributed by atoms with Crippen molar-refractivity contribution in [2.45, 2.75) is 20.0 Å². The van der Waals surface area contributed by atoms with Gasteiger partial charge in [-0.15, -0.1) is 0 Å². The average molecular weight is 398 g/mol. The second kappa shape index (κ2) is 8.25. The highest BCUT2D eigenvalue weighted by Crippen LogP contribution is 2.34. The second-order valence-electron chi connectivity index (χ2n) is 7.21. The summed E-state index contributed by atoms with van der Waals surface area (Å²) in [5, 5.41) is 3.15. The zero-order valence-corrected chi connectivity index (χ0v) is 16.8. The van der Waals surface area contributed by atoms with Gasteiger partial charge in [0.15, 0.2) is 0 Å². The molecule has 0 unspecified atom stereocenters. The maximum atomic E-state index is 13.4. The van der Waals surface area contributed by atoms with Gasteiger partial charge in [-0.3, -0.25) is 9.59 Å². The lowest BCUT2D eigenvalue weighted by Crippen LogP contribution is -2.32. The number of carbonyl (C=O) groups is 2. The minimum atomic E-state index is -0.382. The molecular weight excluding hydrogens is 376 g/mol. The molecule has 1 heterocycles. The SMILES string of the molecule is CC(C)Oc1ccc(C2=C(Nc3ccccc3)C(=O)N(c3ccccc3)C2=O)cc1. The number of hydrogen-bond acceptors (Lipinski definition) is 4. The predicted octanol–water partition coefficient (Wildman–Crippen LogP) is 4.87. The highest BCUT2D eigenvalue weighted by atomic mass is 16.5. The molecule has 0 saturated carbocycles. The number of nitrogens with one attached hydrogen (secondary N) is 1. The van der Waals surface area contributed by atoms with Gasteiger partial charge in [-0.1, -0.05) is 48.5 Å². The molecule has 0 aromatic heterocycles. The van der Waals surface area contributed by atoms with Crippen LogP contribution in [0.25, 0.3) is 5.57 Å². The van der Waals surface area contributed by atoms with Crippen LogP contribution < -0.4 is 15.0 Å². The van der Waals surface area contributed by atoms with Crippen LogP contribution >= 0.6 is 0 Å². The second-order valence-corrected chi connectivity index (χ2v) is 7.21. The van der Waals surface area contributed by atoms with Crippen molar-refractivity contribution in [1.82, 2.24) is 0 Å². The third-order valence-corrected chi connectivity index (χ3v) is 4.66. The molecule has 0 fully saturated rings. The van der Waals surface area contributed by atoms with E-state index in [4.69, 9.17) is 4.74 Å². The zero-order valence-electron chi connectivity index (χ0n) is 16.8. The van der Waals surface area contributed by atoms with Crippen molar-refractivity contribution in [2.24, 2.45) is 0 Å². The first-order valence-corrected chi connectivity index (χ1v) is 9.82. The summed E-state index contributed by atoms with van der Waals surface area (Å²) in [6, 6.07) is 25.5. The van der Waals surface area contributed by atoms with Gasteiger partial charge in [0.1, 0.15) is 11.4 Å². The predicted molar refractivity (Wildman–Crippen MR) is 118 cm³/mol. The number of imide groups is 1. The Kier molecular flexibility index (Phi) is 5.35. The summed E-state index contributed by atoms with van der Waals surface area (Å²) in [5.74, 6) is -0.0293. The normalized spacial score (nSPS) is 13.9. The first-order valence-electron chi connectivity index (χ1n) is 9.82. The van der Waals surface area contributed by atoms with Gasteiger partial charge in [0.05, 0.1) is 17.4 Å². The Hall–Kier alpha value is -3.86. The summed E-state index contributed by atoms with van der Waals surface area (Å²) in [4.78, 5) is 27.8. The monoisotopic (exact) mass is 398 g/mol. The number of para-hydroxylation sites is 2. The number of nitrogens with zero attached hydrogens (tertiary/aromatic N) is 1. The van der Waals surface area contributed by atoms with Crippen LogP contribution in [0.5, 0.6) is 5.75 Å². The Balaban J connectivity index is 1.77. The molecule has 1 N–H and O–H groups in total. The lowest BCUT2D eigenvalue weighted by atomic mass is 10.0. The van der Waals surface area contributed by atoms with Gasteiger partial charge in [-0.05, 0) is 55.8 Å². The molecule has 0 bridgehead atoms. The van der Waals surface area contributed by atoms with Crippen molar-refractivity contribution in [1.29, 1.82) is 0 Å². The van der Waals surface area contributed by atoms with Crippen molar-refractivity contribution in [3.63, 3.8) is 0 Å². The van der Waals surface area contributed by atoms with E-state index in [1.807, 2.05) is 62.4 Å². The van der Waals surface area contributed by atoms with Crippen molar-refractivity contribution in [3.05, 3.63) is 96.2 Å². The van der Waals surface area contributed by atoms with E-state index < -0.39 is 0 Å². The Labute approximate surface area is 175 Å². The smallest absolute Gasteiger partial charge is 0.282 e. The number of benzene rings is 3. The van der Waals surface area contributed by atoms with Crippen LogP contribution in [-0.2, 0) is 9.59 Å². The standard InChI is InChI=1S/C25H22N2O3/c1-17(2)30-21-15-13-18(14-16-21)22-23(26-19-9-5-3-6-10-19)25(29)27(24(22)28)20-11-7-4-8-12-20/h3-17,26H,1-2H3. The first kappa shape index (κ1) is 19.5. The largest absolute Gasteiger partial charge is 0.491 e. The van der Waals surface area contributed by atoms with E-state index in [1.165, 1.54) is 4.90 Å². The van der Waals surface area contributed by atoms with Gasteiger partial charge in [0, 0.05) is 5.69 Å². The van der Waals surface area contributed by atoms with Crippen molar-refractivity contribution in [2.75, 3.05) is 10.2 Å². The fourth-order valence-corrected chi connectivity index (χ4v) is 3.36. The van der Waals surface area contributed by atoms with Crippen LogP contribution in [0.2, 0.25) is 0 Å². The molecule has 0 aliphatic carbocycles. The minimum Gasteiger partial charge on any atom is -0.491 e. The summed E-state index contributed by atoms with van der Waals surface area (Å²) < 4.78 is 5.70. The molecule has 5 nitrogen and oxygen atoms in total. The lowest BCUT2D eigenvalue weighted by Gasteiger charge is -2.15. The Bertz CT molecular complexity index is 1090. The van der Waals surface area contributed by atoms with Crippen LogP contribution in [0, 0.1) is 0 Å². The maximum absolute atomic E-state index is 13.4. The number of ether oxygens (including phenoxy) is 1. The summed E-state index contributed by atoms with van der Waals surface area (Å²) in [6.45, 7) is 3.91. The Morgan fingerprint density at radius 2 is 1.37 bits per heavy atom. The first-order chi connectivity index (χ1) is 14.5. The molecule has 0 radical (unpaired) electrons. The van der Waals surface area contributed by atoms with Crippen molar-refractivity contribution < 1.29 is 14.3 Å². The van der Waals surface area contributed by atoms with E-state index >= 15 is 0 Å². The molecule has 30 heavy (non-hydrogen) atoms. The van der Waals surface area contributed by atoms with Crippen molar-refractivity contribution in [3.8, 4) is 5.75 Å². The molecule has 0 spiro atoms. The molecular formula is C25H22N2O3. The lowest BCUT2D eigenvalue weighted by molar-refractivity contribution is -0.120. The molecule has 0 saturated heterocycles. The van der Waals surface area contributed by atoms with E-state index in [0.29, 0.717) is 22.6 Å². The number of hydrogen-bond donors (Lipinski definition) is 1. The summed E-state index contributed by atoms with van der Waals surface area (Å²) in [7, 11) is 0. The van der Waals surface area contributed by atoms with Crippen LogP contribution in [0.15, 0.2) is 90.6 Å². The van der Waals surface area contributed by atoms with Gasteiger partial charge in [-0.25, -0.2) is 4.90 Å². The van der Waals surface area contributed by atoms with Gasteiger partial charge >= 0.3 is 0 Å². The van der Waals surface area contributed by atoms with Crippen LogP contribution in [0.1, 0.15) is 19.4 Å². The fourth-order valence-electron chi connectivity index (χ4n) is 3.36. The average Bonchev–Trinajstić information content (AvgIpc) is 2.99. The topological polar surface area (TPSA) is 58.6 Å². The van der Waals surface area contributed by atoms with Gasteiger partial charge in [0.25, 0.3) is 11.8 Å². The minimum absolute atomic E-state index is 0.0497. The van der Waals surface area contributed by atoms with E-state index in [2.05, 4.69) is 5.32 Å². The molecule has 2 amide bonds. The number of anilines is 2. The summed E-state index contributed by atoms with van der Waals surface area (Å²) in [5.41, 5.74) is 2.52. The molecule has 1 aliphatic rings. The van der Waals surface area contributed by atoms with Gasteiger partial charge < -0.3 is 10.1 Å². The molecule has 3 aromatic carbocycles. The highest BCUT2D eigenvalue weighted by Gasteiger charge is 2.40. The molecule has 150 valence electrons.